The lowest BCUT2D eigenvalue weighted by molar-refractivity contribution is 0.0724. The summed E-state index contributed by atoms with van der Waals surface area (Å²) in [5, 5.41) is 0. The van der Waals surface area contributed by atoms with Crippen LogP contribution in [0.3, 0.4) is 0 Å². The minimum atomic E-state index is -0.980. The Morgan fingerprint density at radius 2 is 1.71 bits per heavy atom. The first kappa shape index (κ1) is 12.3. The number of nitrogens with zero attached hydrogens (tertiary/aromatic N) is 1. The monoisotopic (exact) mass is 251 g/mol. The second-order valence-electron chi connectivity index (χ2n) is 4.33. The summed E-state index contributed by atoms with van der Waals surface area (Å²) in [6.07, 6.45) is 5.06. The Labute approximate surface area is 104 Å². The summed E-state index contributed by atoms with van der Waals surface area (Å²) in [5.74, 6) is 0.0955. The predicted molar refractivity (Wildman–Crippen MR) is 68.5 cm³/mol. The zero-order valence-corrected chi connectivity index (χ0v) is 10.8. The van der Waals surface area contributed by atoms with E-state index in [9.17, 15) is 9.00 Å². The highest BCUT2D eigenvalue weighted by Gasteiger charge is 2.17. The van der Waals surface area contributed by atoms with Gasteiger partial charge in [0.15, 0.2) is 0 Å². The minimum Gasteiger partial charge on any atom is -0.339 e. The van der Waals surface area contributed by atoms with Crippen molar-refractivity contribution in [3.05, 3.63) is 29.8 Å². The topological polar surface area (TPSA) is 37.4 Å². The van der Waals surface area contributed by atoms with E-state index in [-0.39, 0.29) is 5.91 Å². The highest BCUT2D eigenvalue weighted by molar-refractivity contribution is 7.84. The molecule has 1 saturated heterocycles. The Bertz CT molecular complexity index is 422. The summed E-state index contributed by atoms with van der Waals surface area (Å²) in [7, 11) is -0.980. The van der Waals surface area contributed by atoms with Crippen LogP contribution >= 0.6 is 0 Å². The Kier molecular flexibility index (Phi) is 3.94. The van der Waals surface area contributed by atoms with E-state index >= 15 is 0 Å². The molecule has 1 fully saturated rings. The average molecular weight is 251 g/mol. The van der Waals surface area contributed by atoms with E-state index in [1.54, 1.807) is 30.5 Å². The maximum Gasteiger partial charge on any atom is 0.253 e. The van der Waals surface area contributed by atoms with Crippen LogP contribution in [0.2, 0.25) is 0 Å². The lowest BCUT2D eigenvalue weighted by Crippen LogP contribution is -2.35. The summed E-state index contributed by atoms with van der Waals surface area (Å²) >= 11 is 0. The zero-order valence-electron chi connectivity index (χ0n) is 10.0. The van der Waals surface area contributed by atoms with E-state index in [1.807, 2.05) is 4.90 Å². The zero-order chi connectivity index (χ0) is 12.3. The summed E-state index contributed by atoms with van der Waals surface area (Å²) < 4.78 is 11.2. The molecule has 0 aliphatic carbocycles. The van der Waals surface area contributed by atoms with Crippen molar-refractivity contribution in [1.29, 1.82) is 0 Å². The van der Waals surface area contributed by atoms with E-state index in [0.717, 1.165) is 30.8 Å². The maximum absolute atomic E-state index is 12.1. The molecule has 0 N–H and O–H groups in total. The van der Waals surface area contributed by atoms with Crippen LogP contribution in [0.1, 0.15) is 29.6 Å². The van der Waals surface area contributed by atoms with E-state index < -0.39 is 10.8 Å². The van der Waals surface area contributed by atoms with Gasteiger partial charge >= 0.3 is 0 Å². The number of hydrogen-bond acceptors (Lipinski definition) is 2. The van der Waals surface area contributed by atoms with Gasteiger partial charge in [-0.2, -0.15) is 0 Å². The van der Waals surface area contributed by atoms with Gasteiger partial charge in [-0.3, -0.25) is 9.00 Å². The number of likely N-dealkylation sites (tertiary alicyclic amines) is 1. The van der Waals surface area contributed by atoms with E-state index in [1.165, 1.54) is 6.42 Å². The van der Waals surface area contributed by atoms with Crippen LogP contribution < -0.4 is 0 Å². The molecule has 1 atom stereocenters. The van der Waals surface area contributed by atoms with Crippen molar-refractivity contribution in [2.24, 2.45) is 0 Å². The molecule has 4 heteroatoms. The third-order valence-electron chi connectivity index (χ3n) is 3.08. The number of rotatable bonds is 2. The van der Waals surface area contributed by atoms with Crippen LogP contribution in [0, 0.1) is 0 Å². The van der Waals surface area contributed by atoms with Crippen molar-refractivity contribution in [2.75, 3.05) is 19.3 Å². The fourth-order valence-electron chi connectivity index (χ4n) is 2.07. The summed E-state index contributed by atoms with van der Waals surface area (Å²) in [4.78, 5) is 14.8. The third-order valence-corrected chi connectivity index (χ3v) is 4.01. The molecule has 17 heavy (non-hydrogen) atoms. The molecular weight excluding hydrogens is 234 g/mol. The molecule has 92 valence electrons. The van der Waals surface area contributed by atoms with Gasteiger partial charge in [-0.1, -0.05) is 0 Å². The summed E-state index contributed by atoms with van der Waals surface area (Å²) in [6, 6.07) is 7.09. The third kappa shape index (κ3) is 2.94. The molecule has 1 aliphatic heterocycles. The van der Waals surface area contributed by atoms with Gasteiger partial charge in [0, 0.05) is 40.6 Å². The van der Waals surface area contributed by atoms with Crippen LogP contribution in [-0.4, -0.2) is 34.4 Å². The molecule has 1 heterocycles. The molecule has 1 unspecified atom stereocenters. The Morgan fingerprint density at radius 3 is 2.24 bits per heavy atom. The number of amides is 1. The highest BCUT2D eigenvalue weighted by atomic mass is 32.2. The van der Waals surface area contributed by atoms with Crippen LogP contribution in [0.25, 0.3) is 0 Å². The second-order valence-corrected chi connectivity index (χ2v) is 5.71. The van der Waals surface area contributed by atoms with Gasteiger partial charge in [0.1, 0.15) is 0 Å². The van der Waals surface area contributed by atoms with Crippen LogP contribution in [-0.2, 0) is 10.8 Å². The molecule has 0 bridgehead atoms. The fraction of sp³-hybridized carbons (Fsp3) is 0.462. The number of carbonyl (C=O) groups excluding carboxylic acids is 1. The van der Waals surface area contributed by atoms with Gasteiger partial charge in [0.25, 0.3) is 5.91 Å². The number of benzene rings is 1. The lowest BCUT2D eigenvalue weighted by atomic mass is 10.1. The van der Waals surface area contributed by atoms with E-state index in [0.29, 0.717) is 5.56 Å². The van der Waals surface area contributed by atoms with Gasteiger partial charge < -0.3 is 4.90 Å². The van der Waals surface area contributed by atoms with Crippen LogP contribution in [0.15, 0.2) is 29.2 Å². The predicted octanol–water partition coefficient (Wildman–Crippen LogP) is 2.05. The Morgan fingerprint density at radius 1 is 1.12 bits per heavy atom. The van der Waals surface area contributed by atoms with Crippen molar-refractivity contribution >= 4 is 16.7 Å². The first-order chi connectivity index (χ1) is 8.18. The minimum absolute atomic E-state index is 0.0955. The maximum atomic E-state index is 12.1. The van der Waals surface area contributed by atoms with Gasteiger partial charge in [-0.15, -0.1) is 0 Å². The van der Waals surface area contributed by atoms with Gasteiger partial charge in [0.2, 0.25) is 0 Å². The smallest absolute Gasteiger partial charge is 0.253 e. The number of carbonyl (C=O) groups is 1. The van der Waals surface area contributed by atoms with Crippen molar-refractivity contribution in [1.82, 2.24) is 4.90 Å². The normalized spacial score (nSPS) is 17.8. The Balaban J connectivity index is 2.10. The lowest BCUT2D eigenvalue weighted by Gasteiger charge is -2.26. The molecule has 2 rings (SSSR count). The van der Waals surface area contributed by atoms with Gasteiger partial charge in [-0.25, -0.2) is 0 Å². The van der Waals surface area contributed by atoms with Gasteiger partial charge in [0.05, 0.1) is 0 Å². The van der Waals surface area contributed by atoms with Crippen molar-refractivity contribution < 1.29 is 9.00 Å². The molecule has 1 amide bonds. The van der Waals surface area contributed by atoms with Crippen LogP contribution in [0.5, 0.6) is 0 Å². The molecule has 1 aromatic rings. The number of hydrogen-bond donors (Lipinski definition) is 0. The molecular formula is C13H17NO2S. The molecule has 1 aromatic carbocycles. The summed E-state index contributed by atoms with van der Waals surface area (Å²) in [6.45, 7) is 1.72. The standard InChI is InChI=1S/C13H17NO2S/c1-17(16)12-7-5-11(6-8-12)13(15)14-9-3-2-4-10-14/h5-8H,2-4,9-10H2,1H3. The molecule has 0 spiro atoms. The van der Waals surface area contributed by atoms with Crippen molar-refractivity contribution in [2.45, 2.75) is 24.2 Å². The first-order valence-electron chi connectivity index (χ1n) is 5.91. The van der Waals surface area contributed by atoms with E-state index in [2.05, 4.69) is 0 Å². The molecule has 3 nitrogen and oxygen atoms in total. The first-order valence-corrected chi connectivity index (χ1v) is 7.47. The van der Waals surface area contributed by atoms with Crippen LogP contribution in [0.4, 0.5) is 0 Å². The molecule has 0 aromatic heterocycles. The molecule has 1 aliphatic rings. The molecule has 0 radical (unpaired) electrons. The largest absolute Gasteiger partial charge is 0.339 e. The van der Waals surface area contributed by atoms with Gasteiger partial charge in [-0.05, 0) is 43.5 Å². The van der Waals surface area contributed by atoms with Crippen molar-refractivity contribution in [3.8, 4) is 0 Å². The highest BCUT2D eigenvalue weighted by Crippen LogP contribution is 2.14. The second kappa shape index (κ2) is 5.45. The fourth-order valence-corrected chi connectivity index (χ4v) is 2.59. The summed E-state index contributed by atoms with van der Waals surface area (Å²) in [5.41, 5.74) is 0.695. The quantitative estimate of drug-likeness (QED) is 0.806. The average Bonchev–Trinajstić information content (AvgIpc) is 2.39. The molecule has 0 saturated carbocycles. The van der Waals surface area contributed by atoms with Crippen molar-refractivity contribution in [3.63, 3.8) is 0 Å². The SMILES string of the molecule is CS(=O)c1ccc(C(=O)N2CCCCC2)cc1. The Hall–Kier alpha value is -1.16. The van der Waals surface area contributed by atoms with E-state index in [4.69, 9.17) is 0 Å². The number of piperidine rings is 1.